The van der Waals surface area contributed by atoms with Crippen LogP contribution in [0.4, 0.5) is 13.2 Å². The summed E-state index contributed by atoms with van der Waals surface area (Å²) in [6, 6.07) is 9.75. The number of hydrogen-bond acceptors (Lipinski definition) is 2. The number of ether oxygens (including phenoxy) is 2. The lowest BCUT2D eigenvalue weighted by atomic mass is 10.2. The Labute approximate surface area is 105 Å². The van der Waals surface area contributed by atoms with Gasteiger partial charge >= 0.3 is 6.36 Å². The molecule has 102 valence electrons. The molecule has 0 aliphatic heterocycles. The number of hydrogen-bond donors (Lipinski definition) is 0. The van der Waals surface area contributed by atoms with Gasteiger partial charge in [-0.25, -0.2) is 0 Å². The van der Waals surface area contributed by atoms with E-state index in [-0.39, 0.29) is 6.61 Å². The van der Waals surface area contributed by atoms with Crippen LogP contribution in [0.5, 0.6) is 0 Å². The Hall–Kier alpha value is -1.07. The summed E-state index contributed by atoms with van der Waals surface area (Å²) >= 11 is 0. The van der Waals surface area contributed by atoms with Gasteiger partial charge in [-0.2, -0.15) is 0 Å². The van der Waals surface area contributed by atoms with Gasteiger partial charge in [-0.15, -0.1) is 13.2 Å². The van der Waals surface area contributed by atoms with Crippen LogP contribution in [0.3, 0.4) is 0 Å². The van der Waals surface area contributed by atoms with E-state index >= 15 is 0 Å². The second kappa shape index (κ2) is 8.11. The van der Waals surface area contributed by atoms with Gasteiger partial charge in [0.2, 0.25) is 0 Å². The van der Waals surface area contributed by atoms with Gasteiger partial charge in [0.15, 0.2) is 0 Å². The Bertz CT molecular complexity index is 312. The first-order valence-corrected chi connectivity index (χ1v) is 5.90. The molecule has 0 radical (unpaired) electrons. The molecule has 0 N–H and O–H groups in total. The summed E-state index contributed by atoms with van der Waals surface area (Å²) in [5.74, 6) is 0. The molecule has 2 nitrogen and oxygen atoms in total. The zero-order valence-electron chi connectivity index (χ0n) is 10.1. The van der Waals surface area contributed by atoms with Crippen LogP contribution in [0.2, 0.25) is 0 Å². The Morgan fingerprint density at radius 3 is 2.22 bits per heavy atom. The maximum absolute atomic E-state index is 11.6. The van der Waals surface area contributed by atoms with E-state index in [2.05, 4.69) is 4.74 Å². The van der Waals surface area contributed by atoms with Gasteiger partial charge in [-0.05, 0) is 24.8 Å². The van der Waals surface area contributed by atoms with Crippen LogP contribution in [0.1, 0.15) is 24.8 Å². The van der Waals surface area contributed by atoms with Gasteiger partial charge in [0.25, 0.3) is 0 Å². The normalized spacial score (nSPS) is 11.7. The molecule has 0 spiro atoms. The minimum atomic E-state index is -4.51. The lowest BCUT2D eigenvalue weighted by Crippen LogP contribution is -2.14. The monoisotopic (exact) mass is 262 g/mol. The highest BCUT2D eigenvalue weighted by atomic mass is 19.4. The molecular formula is C13H17F3O2. The van der Waals surface area contributed by atoms with Gasteiger partial charge in [0.05, 0.1) is 13.2 Å². The second-order valence-electron chi connectivity index (χ2n) is 3.89. The predicted molar refractivity (Wildman–Crippen MR) is 62.0 cm³/mol. The van der Waals surface area contributed by atoms with Crippen molar-refractivity contribution in [2.24, 2.45) is 0 Å². The van der Waals surface area contributed by atoms with Crippen LogP contribution in [0.15, 0.2) is 30.3 Å². The third-order valence-electron chi connectivity index (χ3n) is 2.31. The fourth-order valence-electron chi connectivity index (χ4n) is 1.44. The van der Waals surface area contributed by atoms with Crippen molar-refractivity contribution in [1.82, 2.24) is 0 Å². The molecule has 18 heavy (non-hydrogen) atoms. The van der Waals surface area contributed by atoms with Crippen LogP contribution in [-0.4, -0.2) is 19.6 Å². The molecule has 0 aromatic heterocycles. The van der Waals surface area contributed by atoms with Crippen molar-refractivity contribution in [2.75, 3.05) is 13.2 Å². The van der Waals surface area contributed by atoms with Crippen molar-refractivity contribution in [2.45, 2.75) is 32.2 Å². The van der Waals surface area contributed by atoms with Crippen molar-refractivity contribution in [3.63, 3.8) is 0 Å². The van der Waals surface area contributed by atoms with E-state index in [0.29, 0.717) is 26.1 Å². The molecule has 0 saturated heterocycles. The summed E-state index contributed by atoms with van der Waals surface area (Å²) in [6.07, 6.45) is -2.70. The van der Waals surface area contributed by atoms with E-state index in [1.54, 1.807) is 0 Å². The lowest BCUT2D eigenvalue weighted by Gasteiger charge is -2.07. The fourth-order valence-corrected chi connectivity index (χ4v) is 1.44. The Morgan fingerprint density at radius 2 is 1.56 bits per heavy atom. The molecule has 0 fully saturated rings. The molecule has 0 heterocycles. The minimum Gasteiger partial charge on any atom is -0.377 e. The average molecular weight is 262 g/mol. The van der Waals surface area contributed by atoms with Crippen LogP contribution in [0, 0.1) is 0 Å². The lowest BCUT2D eigenvalue weighted by molar-refractivity contribution is -0.324. The highest BCUT2D eigenvalue weighted by molar-refractivity contribution is 5.13. The summed E-state index contributed by atoms with van der Waals surface area (Å²) in [7, 11) is 0. The Balaban J connectivity index is 1.90. The van der Waals surface area contributed by atoms with Crippen molar-refractivity contribution in [1.29, 1.82) is 0 Å². The van der Waals surface area contributed by atoms with Crippen LogP contribution in [-0.2, 0) is 16.1 Å². The number of alkyl halides is 3. The quantitative estimate of drug-likeness (QED) is 0.661. The summed E-state index contributed by atoms with van der Waals surface area (Å²) in [5.41, 5.74) is 1.10. The molecule has 0 atom stereocenters. The van der Waals surface area contributed by atoms with Crippen molar-refractivity contribution in [3.8, 4) is 0 Å². The van der Waals surface area contributed by atoms with Gasteiger partial charge < -0.3 is 4.74 Å². The van der Waals surface area contributed by atoms with Crippen LogP contribution >= 0.6 is 0 Å². The molecule has 0 bridgehead atoms. The SMILES string of the molecule is FC(F)(F)OCCCCCOCc1ccccc1. The summed E-state index contributed by atoms with van der Waals surface area (Å²) < 4.78 is 43.9. The van der Waals surface area contributed by atoms with Gasteiger partial charge in [-0.1, -0.05) is 30.3 Å². The summed E-state index contributed by atoms with van der Waals surface area (Å²) in [4.78, 5) is 0. The zero-order valence-corrected chi connectivity index (χ0v) is 10.1. The third kappa shape index (κ3) is 8.08. The first kappa shape index (κ1) is 15.0. The van der Waals surface area contributed by atoms with Gasteiger partial charge in [-0.3, -0.25) is 4.74 Å². The molecule has 0 unspecified atom stereocenters. The van der Waals surface area contributed by atoms with Crippen LogP contribution in [0.25, 0.3) is 0 Å². The molecule has 1 rings (SSSR count). The second-order valence-corrected chi connectivity index (χ2v) is 3.89. The molecule has 5 heteroatoms. The maximum Gasteiger partial charge on any atom is 0.522 e. The number of benzene rings is 1. The smallest absolute Gasteiger partial charge is 0.377 e. The summed E-state index contributed by atoms with van der Waals surface area (Å²) in [5, 5.41) is 0. The van der Waals surface area contributed by atoms with E-state index in [9.17, 15) is 13.2 Å². The molecule has 1 aromatic carbocycles. The van der Waals surface area contributed by atoms with Crippen molar-refractivity contribution < 1.29 is 22.6 Å². The van der Waals surface area contributed by atoms with Gasteiger partial charge in [0, 0.05) is 6.61 Å². The Kier molecular flexibility index (Phi) is 6.75. The number of halogens is 3. The van der Waals surface area contributed by atoms with E-state index < -0.39 is 6.36 Å². The molecule has 0 aliphatic rings. The molecule has 0 amide bonds. The predicted octanol–water partition coefficient (Wildman–Crippen LogP) is 3.91. The molecule has 0 saturated carbocycles. The third-order valence-corrected chi connectivity index (χ3v) is 2.31. The summed E-state index contributed by atoms with van der Waals surface area (Å²) in [6.45, 7) is 0.822. The first-order chi connectivity index (χ1) is 8.58. The van der Waals surface area contributed by atoms with E-state index in [1.807, 2.05) is 30.3 Å². The van der Waals surface area contributed by atoms with Crippen molar-refractivity contribution >= 4 is 0 Å². The molecule has 1 aromatic rings. The number of rotatable bonds is 8. The average Bonchev–Trinajstić information content (AvgIpc) is 2.32. The molecular weight excluding hydrogens is 245 g/mol. The molecule has 0 aliphatic carbocycles. The van der Waals surface area contributed by atoms with Crippen molar-refractivity contribution in [3.05, 3.63) is 35.9 Å². The first-order valence-electron chi connectivity index (χ1n) is 5.90. The van der Waals surface area contributed by atoms with E-state index in [0.717, 1.165) is 12.0 Å². The fraction of sp³-hybridized carbons (Fsp3) is 0.538. The topological polar surface area (TPSA) is 18.5 Å². The standard InChI is InChI=1S/C13H17F3O2/c14-13(15,16)18-10-6-2-5-9-17-11-12-7-3-1-4-8-12/h1,3-4,7-8H,2,5-6,9-11H2. The highest BCUT2D eigenvalue weighted by Crippen LogP contribution is 2.16. The van der Waals surface area contributed by atoms with E-state index in [1.165, 1.54) is 0 Å². The largest absolute Gasteiger partial charge is 0.522 e. The Morgan fingerprint density at radius 1 is 0.889 bits per heavy atom. The maximum atomic E-state index is 11.6. The van der Waals surface area contributed by atoms with E-state index in [4.69, 9.17) is 4.74 Å². The van der Waals surface area contributed by atoms with Gasteiger partial charge in [0.1, 0.15) is 0 Å². The minimum absolute atomic E-state index is 0.276. The highest BCUT2D eigenvalue weighted by Gasteiger charge is 2.28. The zero-order chi connectivity index (χ0) is 13.3. The van der Waals surface area contributed by atoms with Crippen LogP contribution < -0.4 is 0 Å². The number of unbranched alkanes of at least 4 members (excludes halogenated alkanes) is 2.